The van der Waals surface area contributed by atoms with Crippen LogP contribution in [-0.4, -0.2) is 23.6 Å². The van der Waals surface area contributed by atoms with Crippen LogP contribution in [0.3, 0.4) is 0 Å². The van der Waals surface area contributed by atoms with E-state index in [-0.39, 0.29) is 0 Å². The predicted molar refractivity (Wildman–Crippen MR) is 45.8 cm³/mol. The van der Waals surface area contributed by atoms with Gasteiger partial charge in [0.25, 0.3) is 0 Å². The molecule has 0 fully saturated rings. The molecule has 0 rings (SSSR count). The summed E-state index contributed by atoms with van der Waals surface area (Å²) in [6, 6.07) is 0. The molecule has 0 atom stereocenters. The Kier molecular flexibility index (Phi) is 6.53. The second-order valence-electron chi connectivity index (χ2n) is 2.34. The monoisotopic (exact) mass is 187 g/mol. The van der Waals surface area contributed by atoms with Gasteiger partial charge in [0, 0.05) is 18.7 Å². The van der Waals surface area contributed by atoms with Crippen molar-refractivity contribution < 1.29 is 19.5 Å². The van der Waals surface area contributed by atoms with Crippen LogP contribution in [0.5, 0.6) is 0 Å². The Labute approximate surface area is 76.3 Å². The van der Waals surface area contributed by atoms with E-state index in [9.17, 15) is 9.59 Å². The van der Waals surface area contributed by atoms with Crippen LogP contribution in [-0.2, 0) is 14.4 Å². The number of hydrogen-bond acceptors (Lipinski definition) is 4. The number of hydroxylamine groups is 1. The molecule has 0 aromatic heterocycles. The molecule has 0 aliphatic rings. The summed E-state index contributed by atoms with van der Waals surface area (Å²) in [4.78, 5) is 25.1. The number of carbonyl (C=O) groups is 2. The lowest BCUT2D eigenvalue weighted by atomic mass is 10.3. The number of nitrogens with one attached hydrogen (secondary N) is 1. The number of rotatable bonds is 6. The van der Waals surface area contributed by atoms with Gasteiger partial charge in [-0.15, -0.1) is 0 Å². The summed E-state index contributed by atoms with van der Waals surface area (Å²) in [6.45, 7) is 2.58. The van der Waals surface area contributed by atoms with E-state index in [0.717, 1.165) is 25.0 Å². The Bertz CT molecular complexity index is 200. The maximum Gasteiger partial charge on any atom is 0.349 e. The van der Waals surface area contributed by atoms with E-state index >= 15 is 0 Å². The SMILES string of the molecule is CCCCNOC(=O)/C=C\C(=O)O. The topological polar surface area (TPSA) is 75.6 Å². The van der Waals surface area contributed by atoms with Gasteiger partial charge in [-0.2, -0.15) is 5.48 Å². The van der Waals surface area contributed by atoms with Crippen molar-refractivity contribution in [2.75, 3.05) is 6.54 Å². The first-order valence-corrected chi connectivity index (χ1v) is 4.01. The van der Waals surface area contributed by atoms with Gasteiger partial charge in [0.1, 0.15) is 0 Å². The molecule has 0 aromatic rings. The number of hydrogen-bond donors (Lipinski definition) is 2. The van der Waals surface area contributed by atoms with Crippen LogP contribution in [0.4, 0.5) is 0 Å². The molecule has 0 amide bonds. The fraction of sp³-hybridized carbons (Fsp3) is 0.500. The van der Waals surface area contributed by atoms with Crippen molar-refractivity contribution in [3.63, 3.8) is 0 Å². The van der Waals surface area contributed by atoms with Gasteiger partial charge in [0.05, 0.1) is 0 Å². The summed E-state index contributed by atoms with van der Waals surface area (Å²) in [5.74, 6) is -1.89. The van der Waals surface area contributed by atoms with Gasteiger partial charge in [0.15, 0.2) is 0 Å². The third kappa shape index (κ3) is 8.55. The Hall–Kier alpha value is -1.36. The van der Waals surface area contributed by atoms with Crippen LogP contribution in [0.25, 0.3) is 0 Å². The largest absolute Gasteiger partial charge is 0.478 e. The molecule has 0 aliphatic carbocycles. The van der Waals surface area contributed by atoms with E-state index in [1.165, 1.54) is 0 Å². The molecule has 0 aliphatic heterocycles. The van der Waals surface area contributed by atoms with Crippen LogP contribution >= 0.6 is 0 Å². The van der Waals surface area contributed by atoms with Gasteiger partial charge in [-0.05, 0) is 6.42 Å². The first kappa shape index (κ1) is 11.6. The minimum Gasteiger partial charge on any atom is -0.478 e. The van der Waals surface area contributed by atoms with Gasteiger partial charge < -0.3 is 9.94 Å². The highest BCUT2D eigenvalue weighted by Gasteiger charge is 1.96. The summed E-state index contributed by atoms with van der Waals surface area (Å²) >= 11 is 0. The van der Waals surface area contributed by atoms with Crippen molar-refractivity contribution in [3.8, 4) is 0 Å². The summed E-state index contributed by atoms with van der Waals surface area (Å²) in [7, 11) is 0. The van der Waals surface area contributed by atoms with Crippen molar-refractivity contribution in [2.45, 2.75) is 19.8 Å². The highest BCUT2D eigenvalue weighted by molar-refractivity contribution is 5.90. The van der Waals surface area contributed by atoms with E-state index in [2.05, 4.69) is 10.3 Å². The second kappa shape index (κ2) is 7.30. The molecule has 0 heterocycles. The molecule has 0 aromatic carbocycles. The molecule has 5 heteroatoms. The van der Waals surface area contributed by atoms with Crippen molar-refractivity contribution in [1.29, 1.82) is 0 Å². The van der Waals surface area contributed by atoms with E-state index in [1.54, 1.807) is 0 Å². The smallest absolute Gasteiger partial charge is 0.349 e. The number of aliphatic carboxylic acids is 1. The number of carboxylic acid groups (broad SMARTS) is 1. The Balaban J connectivity index is 3.46. The van der Waals surface area contributed by atoms with Crippen molar-refractivity contribution >= 4 is 11.9 Å². The maximum absolute atomic E-state index is 10.7. The van der Waals surface area contributed by atoms with Crippen molar-refractivity contribution in [2.24, 2.45) is 0 Å². The van der Waals surface area contributed by atoms with Gasteiger partial charge in [-0.3, -0.25) is 0 Å². The number of unbranched alkanes of at least 4 members (excludes halogenated alkanes) is 1. The first-order valence-electron chi connectivity index (χ1n) is 4.01. The van der Waals surface area contributed by atoms with Gasteiger partial charge >= 0.3 is 11.9 Å². The average Bonchev–Trinajstić information content (AvgIpc) is 2.09. The van der Waals surface area contributed by atoms with E-state index in [4.69, 9.17) is 5.11 Å². The molecule has 74 valence electrons. The fourth-order valence-corrected chi connectivity index (χ4v) is 0.544. The number of carboxylic acids is 1. The Morgan fingerprint density at radius 1 is 1.46 bits per heavy atom. The first-order chi connectivity index (χ1) is 6.16. The zero-order valence-corrected chi connectivity index (χ0v) is 7.45. The van der Waals surface area contributed by atoms with Crippen LogP contribution in [0.15, 0.2) is 12.2 Å². The quantitative estimate of drug-likeness (QED) is 0.359. The van der Waals surface area contributed by atoms with Gasteiger partial charge in [-0.25, -0.2) is 9.59 Å². The van der Waals surface area contributed by atoms with Gasteiger partial charge in [-0.1, -0.05) is 13.3 Å². The molecular weight excluding hydrogens is 174 g/mol. The van der Waals surface area contributed by atoms with Crippen LogP contribution in [0, 0.1) is 0 Å². The zero-order valence-electron chi connectivity index (χ0n) is 7.45. The molecule has 0 bridgehead atoms. The number of carbonyl (C=O) groups excluding carboxylic acids is 1. The Morgan fingerprint density at radius 3 is 2.69 bits per heavy atom. The fourth-order valence-electron chi connectivity index (χ4n) is 0.544. The van der Waals surface area contributed by atoms with Crippen LogP contribution < -0.4 is 5.48 Å². The summed E-state index contributed by atoms with van der Waals surface area (Å²) in [5, 5.41) is 8.16. The molecule has 0 saturated carbocycles. The molecule has 13 heavy (non-hydrogen) atoms. The summed E-state index contributed by atoms with van der Waals surface area (Å²) in [6.07, 6.45) is 3.47. The molecule has 2 N–H and O–H groups in total. The van der Waals surface area contributed by atoms with E-state index < -0.39 is 11.9 Å². The third-order valence-corrected chi connectivity index (χ3v) is 1.17. The zero-order chi connectivity index (χ0) is 10.1. The standard InChI is InChI=1S/C8H13NO4/c1-2-3-6-9-13-8(12)5-4-7(10)11/h4-5,9H,2-3,6H2,1H3,(H,10,11)/b5-4-. The molecular formula is C8H13NO4. The van der Waals surface area contributed by atoms with Crippen molar-refractivity contribution in [1.82, 2.24) is 5.48 Å². The molecule has 0 radical (unpaired) electrons. The second-order valence-corrected chi connectivity index (χ2v) is 2.34. The lowest BCUT2D eigenvalue weighted by molar-refractivity contribution is -0.145. The lowest BCUT2D eigenvalue weighted by Gasteiger charge is -2.00. The normalized spacial score (nSPS) is 10.2. The highest BCUT2D eigenvalue weighted by Crippen LogP contribution is 1.83. The molecule has 5 nitrogen and oxygen atoms in total. The summed E-state index contributed by atoms with van der Waals surface area (Å²) < 4.78 is 0. The highest BCUT2D eigenvalue weighted by atomic mass is 16.7. The average molecular weight is 187 g/mol. The molecule has 0 saturated heterocycles. The third-order valence-electron chi connectivity index (χ3n) is 1.17. The summed E-state index contributed by atoms with van der Waals surface area (Å²) in [5.41, 5.74) is 2.42. The minimum absolute atomic E-state index is 0.573. The minimum atomic E-state index is -1.18. The molecule has 0 spiro atoms. The van der Waals surface area contributed by atoms with Gasteiger partial charge in [0.2, 0.25) is 0 Å². The maximum atomic E-state index is 10.7. The van der Waals surface area contributed by atoms with E-state index in [1.807, 2.05) is 6.92 Å². The molecule has 0 unspecified atom stereocenters. The lowest BCUT2D eigenvalue weighted by Crippen LogP contribution is -2.19. The van der Waals surface area contributed by atoms with Crippen LogP contribution in [0.1, 0.15) is 19.8 Å². The van der Waals surface area contributed by atoms with E-state index in [0.29, 0.717) is 6.54 Å². The van der Waals surface area contributed by atoms with Crippen molar-refractivity contribution in [3.05, 3.63) is 12.2 Å². The van der Waals surface area contributed by atoms with Crippen LogP contribution in [0.2, 0.25) is 0 Å². The Morgan fingerprint density at radius 2 is 2.15 bits per heavy atom. The predicted octanol–water partition coefficient (Wildman–Crippen LogP) is 0.475.